The Bertz CT molecular complexity index is 351. The summed E-state index contributed by atoms with van der Waals surface area (Å²) in [4.78, 5) is 0. The zero-order valence-corrected chi connectivity index (χ0v) is 8.19. The Kier molecular flexibility index (Phi) is 2.51. The van der Waals surface area contributed by atoms with E-state index in [9.17, 15) is 0 Å². The second-order valence-electron chi connectivity index (χ2n) is 3.72. The van der Waals surface area contributed by atoms with Gasteiger partial charge < -0.3 is 5.73 Å². The summed E-state index contributed by atoms with van der Waals surface area (Å²) in [6, 6.07) is 10.5. The molecule has 0 bridgehead atoms. The molecule has 14 heavy (non-hydrogen) atoms. The van der Waals surface area contributed by atoms with Gasteiger partial charge >= 0.3 is 0 Å². The van der Waals surface area contributed by atoms with Gasteiger partial charge in [0.2, 0.25) is 0 Å². The van der Waals surface area contributed by atoms with Crippen LogP contribution in [0.4, 0.5) is 0 Å². The van der Waals surface area contributed by atoms with Crippen LogP contribution in [0.3, 0.4) is 0 Å². The predicted molar refractivity (Wildman–Crippen MR) is 60.1 cm³/mol. The van der Waals surface area contributed by atoms with Crippen molar-refractivity contribution in [2.24, 2.45) is 5.73 Å². The lowest BCUT2D eigenvalue weighted by Gasteiger charge is -2.30. The fourth-order valence-electron chi connectivity index (χ4n) is 1.92. The molecule has 1 aliphatic carbocycles. The van der Waals surface area contributed by atoms with E-state index >= 15 is 0 Å². The number of nitrogens with two attached hydrogens (primary N) is 1. The molecular formula is C13H15N. The van der Waals surface area contributed by atoms with Crippen molar-refractivity contribution in [1.82, 2.24) is 0 Å². The number of hydrogen-bond acceptors (Lipinski definition) is 1. The summed E-state index contributed by atoms with van der Waals surface area (Å²) < 4.78 is 0. The van der Waals surface area contributed by atoms with Gasteiger partial charge in [-0.3, -0.25) is 0 Å². The second-order valence-corrected chi connectivity index (χ2v) is 3.72. The average Bonchev–Trinajstić information content (AvgIpc) is 2.31. The van der Waals surface area contributed by atoms with Crippen molar-refractivity contribution in [3.63, 3.8) is 0 Å². The molecule has 0 unspecified atom stereocenters. The van der Waals surface area contributed by atoms with Gasteiger partial charge in [0.15, 0.2) is 0 Å². The van der Waals surface area contributed by atoms with Gasteiger partial charge in [0.05, 0.1) is 0 Å². The summed E-state index contributed by atoms with van der Waals surface area (Å²) in [5.41, 5.74) is 7.22. The summed E-state index contributed by atoms with van der Waals surface area (Å²) >= 11 is 0. The van der Waals surface area contributed by atoms with Crippen LogP contribution in [0.2, 0.25) is 0 Å². The fourth-order valence-corrected chi connectivity index (χ4v) is 1.92. The summed E-state index contributed by atoms with van der Waals surface area (Å²) in [5.74, 6) is 0. The third kappa shape index (κ3) is 1.51. The van der Waals surface area contributed by atoms with E-state index in [0.717, 1.165) is 6.42 Å². The molecular weight excluding hydrogens is 170 g/mol. The van der Waals surface area contributed by atoms with Gasteiger partial charge in [-0.05, 0) is 12.0 Å². The van der Waals surface area contributed by atoms with E-state index in [-0.39, 0.29) is 5.41 Å². The Morgan fingerprint density at radius 2 is 1.93 bits per heavy atom. The van der Waals surface area contributed by atoms with Crippen molar-refractivity contribution in [3.05, 3.63) is 60.2 Å². The van der Waals surface area contributed by atoms with E-state index in [4.69, 9.17) is 5.73 Å². The van der Waals surface area contributed by atoms with Crippen LogP contribution < -0.4 is 5.73 Å². The maximum absolute atomic E-state index is 5.89. The van der Waals surface area contributed by atoms with E-state index in [0.29, 0.717) is 6.54 Å². The molecule has 1 heteroatoms. The molecule has 72 valence electrons. The molecule has 1 atom stereocenters. The lowest BCUT2D eigenvalue weighted by Crippen LogP contribution is -2.33. The number of hydrogen-bond donors (Lipinski definition) is 1. The number of rotatable bonds is 2. The fraction of sp³-hybridized carbons (Fsp3) is 0.231. The van der Waals surface area contributed by atoms with Crippen molar-refractivity contribution in [2.75, 3.05) is 6.54 Å². The maximum atomic E-state index is 5.89. The van der Waals surface area contributed by atoms with Gasteiger partial charge in [0.1, 0.15) is 0 Å². The average molecular weight is 185 g/mol. The van der Waals surface area contributed by atoms with E-state index < -0.39 is 0 Å². The summed E-state index contributed by atoms with van der Waals surface area (Å²) in [7, 11) is 0. The van der Waals surface area contributed by atoms with Crippen molar-refractivity contribution in [2.45, 2.75) is 11.8 Å². The van der Waals surface area contributed by atoms with Crippen LogP contribution in [0, 0.1) is 0 Å². The van der Waals surface area contributed by atoms with Gasteiger partial charge in [-0.25, -0.2) is 0 Å². The molecule has 0 fully saturated rings. The first-order chi connectivity index (χ1) is 6.87. The Hall–Kier alpha value is -1.34. The Morgan fingerprint density at radius 3 is 2.50 bits per heavy atom. The molecule has 0 aliphatic heterocycles. The standard InChI is InChI=1S/C13H15N/c14-11-13(9-5-2-6-10-13)12-7-3-1-4-8-12/h1-9H,10-11,14H2/t13-/m1/s1. The van der Waals surface area contributed by atoms with E-state index in [1.54, 1.807) is 0 Å². The molecule has 0 saturated heterocycles. The topological polar surface area (TPSA) is 26.0 Å². The number of allylic oxidation sites excluding steroid dienone is 3. The molecule has 0 saturated carbocycles. The third-order valence-corrected chi connectivity index (χ3v) is 2.86. The molecule has 0 heterocycles. The largest absolute Gasteiger partial charge is 0.329 e. The first kappa shape index (κ1) is 9.22. The van der Waals surface area contributed by atoms with Crippen molar-refractivity contribution >= 4 is 0 Å². The third-order valence-electron chi connectivity index (χ3n) is 2.86. The van der Waals surface area contributed by atoms with Crippen LogP contribution in [0.25, 0.3) is 0 Å². The molecule has 1 nitrogen and oxygen atoms in total. The first-order valence-electron chi connectivity index (χ1n) is 4.97. The number of benzene rings is 1. The highest BCUT2D eigenvalue weighted by atomic mass is 14.6. The minimum Gasteiger partial charge on any atom is -0.329 e. The lowest BCUT2D eigenvalue weighted by molar-refractivity contribution is 0.550. The van der Waals surface area contributed by atoms with Crippen LogP contribution in [-0.4, -0.2) is 6.54 Å². The molecule has 2 rings (SSSR count). The van der Waals surface area contributed by atoms with Crippen LogP contribution in [0.5, 0.6) is 0 Å². The first-order valence-corrected chi connectivity index (χ1v) is 4.97. The van der Waals surface area contributed by atoms with Gasteiger partial charge in [-0.1, -0.05) is 54.6 Å². The highest BCUT2D eigenvalue weighted by Crippen LogP contribution is 2.31. The maximum Gasteiger partial charge on any atom is 0.0292 e. The Balaban J connectivity index is 2.39. The highest BCUT2D eigenvalue weighted by Gasteiger charge is 2.27. The summed E-state index contributed by atoms with van der Waals surface area (Å²) in [5, 5.41) is 0. The van der Waals surface area contributed by atoms with Gasteiger partial charge in [0.25, 0.3) is 0 Å². The van der Waals surface area contributed by atoms with Crippen molar-refractivity contribution in [3.8, 4) is 0 Å². The van der Waals surface area contributed by atoms with E-state index in [1.807, 2.05) is 6.07 Å². The van der Waals surface area contributed by atoms with Gasteiger partial charge in [-0.2, -0.15) is 0 Å². The molecule has 0 radical (unpaired) electrons. The molecule has 2 N–H and O–H groups in total. The minimum atomic E-state index is 0.0238. The van der Waals surface area contributed by atoms with Crippen molar-refractivity contribution in [1.29, 1.82) is 0 Å². The van der Waals surface area contributed by atoms with E-state index in [2.05, 4.69) is 48.6 Å². The monoisotopic (exact) mass is 185 g/mol. The Morgan fingerprint density at radius 1 is 1.14 bits per heavy atom. The van der Waals surface area contributed by atoms with E-state index in [1.165, 1.54) is 5.56 Å². The molecule has 0 spiro atoms. The molecule has 1 aromatic carbocycles. The normalized spacial score (nSPS) is 25.2. The summed E-state index contributed by atoms with van der Waals surface area (Å²) in [6.07, 6.45) is 9.56. The lowest BCUT2D eigenvalue weighted by atomic mass is 9.75. The highest BCUT2D eigenvalue weighted by molar-refractivity contribution is 5.36. The second kappa shape index (κ2) is 3.81. The Labute approximate surface area is 84.9 Å². The van der Waals surface area contributed by atoms with Gasteiger partial charge in [-0.15, -0.1) is 0 Å². The van der Waals surface area contributed by atoms with Crippen molar-refractivity contribution < 1.29 is 0 Å². The zero-order valence-electron chi connectivity index (χ0n) is 8.19. The minimum absolute atomic E-state index is 0.0238. The van der Waals surface area contributed by atoms with Crippen LogP contribution in [-0.2, 0) is 5.41 Å². The molecule has 1 aliphatic rings. The molecule has 1 aromatic rings. The van der Waals surface area contributed by atoms with Gasteiger partial charge in [0, 0.05) is 12.0 Å². The quantitative estimate of drug-likeness (QED) is 0.752. The summed E-state index contributed by atoms with van der Waals surface area (Å²) in [6.45, 7) is 0.665. The van der Waals surface area contributed by atoms with Crippen LogP contribution in [0.15, 0.2) is 54.6 Å². The molecule has 0 aromatic heterocycles. The molecule has 0 amide bonds. The van der Waals surface area contributed by atoms with Crippen LogP contribution in [0.1, 0.15) is 12.0 Å². The zero-order chi connectivity index (χ0) is 9.86. The van der Waals surface area contributed by atoms with Crippen LogP contribution >= 0.6 is 0 Å². The predicted octanol–water partition coefficient (Wildman–Crippen LogP) is 2.40. The smallest absolute Gasteiger partial charge is 0.0292 e. The SMILES string of the molecule is NC[C@@]1(c2ccccc2)C=CC=CC1.